The highest BCUT2D eigenvalue weighted by Gasteiger charge is 2.25. The van der Waals surface area contributed by atoms with Crippen LogP contribution >= 0.6 is 24.0 Å². The number of hydrogen-bond donors (Lipinski definition) is 2. The third-order valence-electron chi connectivity index (χ3n) is 4.53. The number of morpholine rings is 1. The molecule has 0 bridgehead atoms. The van der Waals surface area contributed by atoms with Gasteiger partial charge in [-0.05, 0) is 31.4 Å². The summed E-state index contributed by atoms with van der Waals surface area (Å²) in [7, 11) is -3.37. The zero-order valence-electron chi connectivity index (χ0n) is 17.9. The topological polar surface area (TPSA) is 92.3 Å². The van der Waals surface area contributed by atoms with Crippen LogP contribution in [0.4, 0.5) is 0 Å². The van der Waals surface area contributed by atoms with Gasteiger partial charge in [0.15, 0.2) is 5.96 Å². The summed E-state index contributed by atoms with van der Waals surface area (Å²) in [6.07, 6.45) is 0.895. The van der Waals surface area contributed by atoms with Crippen LogP contribution in [0.1, 0.15) is 31.4 Å². The summed E-state index contributed by atoms with van der Waals surface area (Å²) in [4.78, 5) is 4.63. The molecule has 0 amide bonds. The fourth-order valence-corrected chi connectivity index (χ4v) is 4.56. The van der Waals surface area contributed by atoms with Crippen LogP contribution in [0.5, 0.6) is 0 Å². The normalized spacial score (nSPS) is 15.5. The highest BCUT2D eigenvalue weighted by molar-refractivity contribution is 14.0. The number of hydrogen-bond acceptors (Lipinski definition) is 5. The van der Waals surface area contributed by atoms with Gasteiger partial charge in [-0.1, -0.05) is 24.3 Å². The van der Waals surface area contributed by atoms with Crippen LogP contribution in [0.2, 0.25) is 0 Å². The van der Waals surface area contributed by atoms with Crippen LogP contribution in [0.3, 0.4) is 0 Å². The number of nitrogens with one attached hydrogen (secondary N) is 2. The Labute approximate surface area is 197 Å². The molecule has 172 valence electrons. The van der Waals surface area contributed by atoms with Crippen LogP contribution in [0.25, 0.3) is 0 Å². The first kappa shape index (κ1) is 27.1. The summed E-state index contributed by atoms with van der Waals surface area (Å²) in [6.45, 7) is 9.09. The molecule has 2 rings (SSSR count). The fourth-order valence-electron chi connectivity index (χ4n) is 3.00. The van der Waals surface area contributed by atoms with Crippen LogP contribution in [0, 0.1) is 0 Å². The monoisotopic (exact) mass is 554 g/mol. The minimum absolute atomic E-state index is 0. The molecule has 10 heteroatoms. The van der Waals surface area contributed by atoms with E-state index in [1.807, 2.05) is 38.1 Å². The Bertz CT molecular complexity index is 740. The van der Waals surface area contributed by atoms with Gasteiger partial charge < -0.3 is 20.1 Å². The molecule has 0 saturated carbocycles. The average molecular weight is 554 g/mol. The van der Waals surface area contributed by atoms with Gasteiger partial charge in [0.1, 0.15) is 0 Å². The third kappa shape index (κ3) is 9.46. The predicted molar refractivity (Wildman–Crippen MR) is 131 cm³/mol. The molecule has 0 atom stereocenters. The maximum atomic E-state index is 12.8. The molecule has 1 aliphatic rings. The molecule has 1 saturated heterocycles. The maximum absolute atomic E-state index is 12.8. The molecule has 30 heavy (non-hydrogen) atoms. The number of guanidine groups is 1. The van der Waals surface area contributed by atoms with E-state index in [0.29, 0.717) is 39.5 Å². The average Bonchev–Trinajstić information content (AvgIpc) is 2.73. The molecule has 0 aromatic heterocycles. The molecule has 1 heterocycles. The molecule has 1 aliphatic heterocycles. The second kappa shape index (κ2) is 15.0. The van der Waals surface area contributed by atoms with E-state index in [0.717, 1.165) is 43.2 Å². The highest BCUT2D eigenvalue weighted by Crippen LogP contribution is 2.17. The van der Waals surface area contributed by atoms with Gasteiger partial charge in [-0.2, -0.15) is 4.31 Å². The Morgan fingerprint density at radius 3 is 2.53 bits per heavy atom. The number of aliphatic imine (C=N–C) groups is 1. The standard InChI is InChI=1S/C20H34N4O4S.HI/c1-3-21-20(22-10-7-13-27-4-2)23-16-18-8-5-6-9-19(18)17-29(25,26)24-11-14-28-15-12-24;/h5-6,8-9H,3-4,7,10-17H2,1-2H3,(H2,21,22,23);1H. The summed E-state index contributed by atoms with van der Waals surface area (Å²) >= 11 is 0. The fraction of sp³-hybridized carbons (Fsp3) is 0.650. The van der Waals surface area contributed by atoms with E-state index >= 15 is 0 Å². The quantitative estimate of drug-likeness (QED) is 0.188. The number of rotatable bonds is 11. The van der Waals surface area contributed by atoms with Crippen molar-refractivity contribution < 1.29 is 17.9 Å². The lowest BCUT2D eigenvalue weighted by Gasteiger charge is -2.26. The van der Waals surface area contributed by atoms with E-state index in [4.69, 9.17) is 9.47 Å². The summed E-state index contributed by atoms with van der Waals surface area (Å²) in [5.41, 5.74) is 1.70. The smallest absolute Gasteiger partial charge is 0.218 e. The predicted octanol–water partition coefficient (Wildman–Crippen LogP) is 1.95. The van der Waals surface area contributed by atoms with Crippen molar-refractivity contribution in [1.82, 2.24) is 14.9 Å². The molecular weight excluding hydrogens is 519 g/mol. The molecular formula is C20H35IN4O4S. The second-order valence-corrected chi connectivity index (χ2v) is 8.68. The van der Waals surface area contributed by atoms with E-state index in [1.165, 1.54) is 4.31 Å². The van der Waals surface area contributed by atoms with Gasteiger partial charge in [0.2, 0.25) is 10.0 Å². The Kier molecular flexibility index (Phi) is 13.5. The first-order valence-corrected chi connectivity index (χ1v) is 11.9. The minimum Gasteiger partial charge on any atom is -0.382 e. The zero-order chi connectivity index (χ0) is 21.0. The van der Waals surface area contributed by atoms with Gasteiger partial charge in [-0.25, -0.2) is 13.4 Å². The molecule has 8 nitrogen and oxygen atoms in total. The van der Waals surface area contributed by atoms with E-state index < -0.39 is 10.0 Å². The van der Waals surface area contributed by atoms with Crippen LogP contribution in [-0.4, -0.2) is 71.3 Å². The van der Waals surface area contributed by atoms with Crippen molar-refractivity contribution in [3.63, 3.8) is 0 Å². The first-order chi connectivity index (χ1) is 14.1. The molecule has 1 aromatic carbocycles. The summed E-state index contributed by atoms with van der Waals surface area (Å²) in [5, 5.41) is 6.51. The maximum Gasteiger partial charge on any atom is 0.218 e. The molecule has 0 aliphatic carbocycles. The number of sulfonamides is 1. The lowest BCUT2D eigenvalue weighted by atomic mass is 10.1. The Morgan fingerprint density at radius 2 is 1.87 bits per heavy atom. The van der Waals surface area contributed by atoms with Crippen molar-refractivity contribution in [1.29, 1.82) is 0 Å². The van der Waals surface area contributed by atoms with Gasteiger partial charge in [0.25, 0.3) is 0 Å². The SMILES string of the molecule is CCNC(=NCc1ccccc1CS(=O)(=O)N1CCOCC1)NCCCOCC.I. The summed E-state index contributed by atoms with van der Waals surface area (Å²) in [5.74, 6) is 0.701. The van der Waals surface area contributed by atoms with Crippen molar-refractivity contribution in [2.24, 2.45) is 4.99 Å². The summed E-state index contributed by atoms with van der Waals surface area (Å²) < 4.78 is 37.7. The van der Waals surface area contributed by atoms with Crippen LogP contribution < -0.4 is 10.6 Å². The Balaban J connectivity index is 0.00000450. The molecule has 1 fully saturated rings. The van der Waals surface area contributed by atoms with Gasteiger partial charge in [-0.3, -0.25) is 0 Å². The van der Waals surface area contributed by atoms with Gasteiger partial charge in [0.05, 0.1) is 25.5 Å². The van der Waals surface area contributed by atoms with Crippen LogP contribution in [0.15, 0.2) is 29.3 Å². The van der Waals surface area contributed by atoms with Crippen molar-refractivity contribution in [3.05, 3.63) is 35.4 Å². The van der Waals surface area contributed by atoms with Gasteiger partial charge in [-0.15, -0.1) is 24.0 Å². The molecule has 0 spiro atoms. The zero-order valence-corrected chi connectivity index (χ0v) is 21.1. The molecule has 0 unspecified atom stereocenters. The van der Waals surface area contributed by atoms with Crippen molar-refractivity contribution in [2.45, 2.75) is 32.6 Å². The highest BCUT2D eigenvalue weighted by atomic mass is 127. The third-order valence-corrected chi connectivity index (χ3v) is 6.36. The molecule has 1 aromatic rings. The number of ether oxygens (including phenoxy) is 2. The Hall–Kier alpha value is -0.950. The number of halogens is 1. The number of nitrogens with zero attached hydrogens (tertiary/aromatic N) is 2. The first-order valence-electron chi connectivity index (χ1n) is 10.3. The van der Waals surface area contributed by atoms with E-state index in [1.54, 1.807) is 0 Å². The second-order valence-electron chi connectivity index (χ2n) is 6.71. The molecule has 2 N–H and O–H groups in total. The van der Waals surface area contributed by atoms with Crippen molar-refractivity contribution in [2.75, 3.05) is 52.6 Å². The minimum atomic E-state index is -3.37. The van der Waals surface area contributed by atoms with Gasteiger partial charge >= 0.3 is 0 Å². The van der Waals surface area contributed by atoms with Crippen molar-refractivity contribution in [3.8, 4) is 0 Å². The van der Waals surface area contributed by atoms with E-state index in [2.05, 4.69) is 15.6 Å². The van der Waals surface area contributed by atoms with Gasteiger partial charge in [0, 0.05) is 39.4 Å². The van der Waals surface area contributed by atoms with Crippen molar-refractivity contribution >= 4 is 40.0 Å². The van der Waals surface area contributed by atoms with E-state index in [9.17, 15) is 8.42 Å². The van der Waals surface area contributed by atoms with E-state index in [-0.39, 0.29) is 29.7 Å². The number of benzene rings is 1. The lowest BCUT2D eigenvalue weighted by molar-refractivity contribution is 0.0729. The van der Waals surface area contributed by atoms with Crippen LogP contribution in [-0.2, 0) is 31.8 Å². The molecule has 0 radical (unpaired) electrons. The summed E-state index contributed by atoms with van der Waals surface area (Å²) in [6, 6.07) is 7.59. The Morgan fingerprint density at radius 1 is 1.17 bits per heavy atom. The lowest BCUT2D eigenvalue weighted by Crippen LogP contribution is -2.41. The largest absolute Gasteiger partial charge is 0.382 e.